The van der Waals surface area contributed by atoms with Crippen molar-refractivity contribution in [3.63, 3.8) is 0 Å². The number of para-hydroxylation sites is 2. The Bertz CT molecular complexity index is 1020. The number of pyridine rings is 1. The van der Waals surface area contributed by atoms with Gasteiger partial charge in [-0.05, 0) is 48.6 Å². The molecular weight excluding hydrogens is 380 g/mol. The molecule has 1 unspecified atom stereocenters. The van der Waals surface area contributed by atoms with E-state index in [4.69, 9.17) is 9.72 Å². The van der Waals surface area contributed by atoms with E-state index in [-0.39, 0.29) is 11.2 Å². The highest BCUT2D eigenvalue weighted by molar-refractivity contribution is 8.00. The van der Waals surface area contributed by atoms with E-state index >= 15 is 0 Å². The van der Waals surface area contributed by atoms with Gasteiger partial charge in [-0.3, -0.25) is 4.79 Å². The van der Waals surface area contributed by atoms with Crippen molar-refractivity contribution in [1.82, 2.24) is 4.98 Å². The molecule has 0 saturated carbocycles. The lowest BCUT2D eigenvalue weighted by Crippen LogP contribution is -2.25. The third-order valence-corrected chi connectivity index (χ3v) is 6.26. The van der Waals surface area contributed by atoms with Gasteiger partial charge in [-0.2, -0.15) is 0 Å². The maximum atomic E-state index is 13.0. The van der Waals surface area contributed by atoms with Crippen LogP contribution >= 0.6 is 11.8 Å². The predicted octanol–water partition coefficient (Wildman–Crippen LogP) is 6.18. The first-order valence-electron chi connectivity index (χ1n) is 9.95. The smallest absolute Gasteiger partial charge is 0.237 e. The van der Waals surface area contributed by atoms with Crippen LogP contribution in [0.25, 0.3) is 10.9 Å². The number of aromatic nitrogens is 1. The van der Waals surface area contributed by atoms with Gasteiger partial charge in [-0.25, -0.2) is 4.98 Å². The summed E-state index contributed by atoms with van der Waals surface area (Å²) in [4.78, 5) is 17.8. The van der Waals surface area contributed by atoms with E-state index in [1.165, 1.54) is 11.8 Å². The Labute approximate surface area is 177 Å². The summed E-state index contributed by atoms with van der Waals surface area (Å²) in [5.74, 6) is 1.10. The van der Waals surface area contributed by atoms with Crippen molar-refractivity contribution < 1.29 is 9.53 Å². The minimum Gasteiger partial charge on any atom is -0.494 e. The average Bonchev–Trinajstić information content (AvgIpc) is 2.71. The molecule has 4 nitrogen and oxygen atoms in total. The highest BCUT2D eigenvalue weighted by Gasteiger charge is 2.21. The second-order valence-electron chi connectivity index (χ2n) is 7.38. The van der Waals surface area contributed by atoms with Crippen molar-refractivity contribution in [3.8, 4) is 5.75 Å². The third kappa shape index (κ3) is 4.73. The van der Waals surface area contributed by atoms with E-state index in [2.05, 4.69) is 32.2 Å². The van der Waals surface area contributed by atoms with Gasteiger partial charge in [0.25, 0.3) is 0 Å². The van der Waals surface area contributed by atoms with Crippen molar-refractivity contribution in [2.24, 2.45) is 0 Å². The number of amides is 1. The number of ether oxygens (including phenoxy) is 1. The largest absolute Gasteiger partial charge is 0.494 e. The van der Waals surface area contributed by atoms with Crippen molar-refractivity contribution in [2.45, 2.75) is 50.3 Å². The molecule has 1 N–H and O–H groups in total. The van der Waals surface area contributed by atoms with E-state index in [0.29, 0.717) is 12.3 Å². The highest BCUT2D eigenvalue weighted by atomic mass is 32.2. The zero-order valence-corrected chi connectivity index (χ0v) is 18.5. The number of carbonyl (C=O) groups excluding carboxylic acids is 1. The molecule has 3 rings (SSSR count). The summed E-state index contributed by atoms with van der Waals surface area (Å²) < 4.78 is 5.48. The third-order valence-electron chi connectivity index (χ3n) is 4.97. The predicted molar refractivity (Wildman–Crippen MR) is 122 cm³/mol. The first kappa shape index (κ1) is 21.2. The molecule has 152 valence electrons. The molecular formula is C24H28N2O2S. The molecule has 5 heteroatoms. The molecule has 0 spiro atoms. The normalized spacial score (nSPS) is 12.2. The van der Waals surface area contributed by atoms with Gasteiger partial charge >= 0.3 is 0 Å². The summed E-state index contributed by atoms with van der Waals surface area (Å²) in [5, 5.41) is 4.80. The number of aryl methyl sites for hydroxylation is 1. The molecule has 0 aliphatic heterocycles. The van der Waals surface area contributed by atoms with Crippen LogP contribution in [0.5, 0.6) is 5.75 Å². The Hall–Kier alpha value is -2.53. The number of methoxy groups -OCH3 is 1. The summed E-state index contributed by atoms with van der Waals surface area (Å²) in [5.41, 5.74) is 3.98. The second kappa shape index (κ2) is 9.31. The number of hydrogen-bond acceptors (Lipinski definition) is 4. The van der Waals surface area contributed by atoms with E-state index in [0.717, 1.165) is 38.5 Å². The molecule has 29 heavy (non-hydrogen) atoms. The van der Waals surface area contributed by atoms with E-state index < -0.39 is 0 Å². The Morgan fingerprint density at radius 1 is 1.17 bits per heavy atom. The standard InChI is InChI=1S/C24H28N2O2S/c1-6-21(24(27)25-19-12-8-7-10-17(19)15(2)3)29-22-14-16(4)18-11-9-13-20(28-5)23(18)26-22/h7-15,21H,6H2,1-5H3,(H,25,27). The maximum Gasteiger partial charge on any atom is 0.237 e. The number of fused-ring (bicyclic) bond motifs is 1. The van der Waals surface area contributed by atoms with Gasteiger partial charge in [0.05, 0.1) is 17.4 Å². The van der Waals surface area contributed by atoms with Gasteiger partial charge in [0.1, 0.15) is 11.3 Å². The van der Waals surface area contributed by atoms with Gasteiger partial charge in [-0.1, -0.05) is 62.9 Å². The quantitative estimate of drug-likeness (QED) is 0.474. The van der Waals surface area contributed by atoms with Crippen LogP contribution in [0.15, 0.2) is 53.6 Å². The van der Waals surface area contributed by atoms with E-state index in [1.807, 2.05) is 49.4 Å². The number of carbonyl (C=O) groups is 1. The topological polar surface area (TPSA) is 51.2 Å². The Kier molecular flexibility index (Phi) is 6.80. The van der Waals surface area contributed by atoms with Crippen LogP contribution in [0, 0.1) is 6.92 Å². The molecule has 3 aromatic rings. The fraction of sp³-hybridized carbons (Fsp3) is 0.333. The van der Waals surface area contributed by atoms with Crippen molar-refractivity contribution in [3.05, 3.63) is 59.7 Å². The van der Waals surface area contributed by atoms with E-state index in [1.54, 1.807) is 7.11 Å². The maximum absolute atomic E-state index is 13.0. The summed E-state index contributed by atoms with van der Waals surface area (Å²) in [6.45, 7) is 8.35. The molecule has 1 heterocycles. The molecule has 1 atom stereocenters. The second-order valence-corrected chi connectivity index (χ2v) is 8.60. The minimum atomic E-state index is -0.228. The van der Waals surface area contributed by atoms with Gasteiger partial charge < -0.3 is 10.1 Å². The average molecular weight is 409 g/mol. The Morgan fingerprint density at radius 2 is 1.93 bits per heavy atom. The van der Waals surface area contributed by atoms with Crippen LogP contribution in [0.2, 0.25) is 0 Å². The van der Waals surface area contributed by atoms with Crippen molar-refractivity contribution in [2.75, 3.05) is 12.4 Å². The number of hydrogen-bond donors (Lipinski definition) is 1. The molecule has 1 aromatic heterocycles. The van der Waals surface area contributed by atoms with Crippen LogP contribution < -0.4 is 10.1 Å². The molecule has 0 aliphatic carbocycles. The number of anilines is 1. The monoisotopic (exact) mass is 408 g/mol. The summed E-state index contributed by atoms with van der Waals surface area (Å²) in [7, 11) is 1.65. The van der Waals surface area contributed by atoms with Gasteiger partial charge in [-0.15, -0.1) is 0 Å². The lowest BCUT2D eigenvalue weighted by molar-refractivity contribution is -0.115. The minimum absolute atomic E-state index is 0.00479. The van der Waals surface area contributed by atoms with Crippen LogP contribution in [-0.2, 0) is 4.79 Å². The molecule has 0 bridgehead atoms. The Balaban J connectivity index is 1.85. The molecule has 0 saturated heterocycles. The lowest BCUT2D eigenvalue weighted by atomic mass is 10.0. The van der Waals surface area contributed by atoms with Crippen LogP contribution in [-0.4, -0.2) is 23.3 Å². The van der Waals surface area contributed by atoms with Crippen LogP contribution in [0.4, 0.5) is 5.69 Å². The molecule has 1 amide bonds. The number of rotatable bonds is 7. The molecule has 0 radical (unpaired) electrons. The lowest BCUT2D eigenvalue weighted by Gasteiger charge is -2.18. The summed E-state index contributed by atoms with van der Waals surface area (Å²) >= 11 is 1.50. The molecule has 0 aliphatic rings. The van der Waals surface area contributed by atoms with E-state index in [9.17, 15) is 4.79 Å². The van der Waals surface area contributed by atoms with Crippen molar-refractivity contribution >= 4 is 34.3 Å². The molecule has 2 aromatic carbocycles. The first-order chi connectivity index (χ1) is 13.9. The SMILES string of the molecule is CCC(Sc1cc(C)c2cccc(OC)c2n1)C(=O)Nc1ccccc1C(C)C. The van der Waals surface area contributed by atoms with Gasteiger partial charge in [0.15, 0.2) is 0 Å². The number of nitrogens with zero attached hydrogens (tertiary/aromatic N) is 1. The zero-order chi connectivity index (χ0) is 21.0. The van der Waals surface area contributed by atoms with Gasteiger partial charge in [0.2, 0.25) is 5.91 Å². The number of benzene rings is 2. The Morgan fingerprint density at radius 3 is 2.62 bits per heavy atom. The summed E-state index contributed by atoms with van der Waals surface area (Å²) in [6, 6.07) is 16.0. The van der Waals surface area contributed by atoms with Crippen LogP contribution in [0.1, 0.15) is 44.2 Å². The fourth-order valence-electron chi connectivity index (χ4n) is 3.38. The van der Waals surface area contributed by atoms with Gasteiger partial charge in [0, 0.05) is 11.1 Å². The first-order valence-corrected chi connectivity index (χ1v) is 10.8. The zero-order valence-electron chi connectivity index (χ0n) is 17.7. The fourth-order valence-corrected chi connectivity index (χ4v) is 4.39. The highest BCUT2D eigenvalue weighted by Crippen LogP contribution is 2.33. The number of thioether (sulfide) groups is 1. The number of nitrogens with one attached hydrogen (secondary N) is 1. The molecule has 0 fully saturated rings. The summed E-state index contributed by atoms with van der Waals surface area (Å²) in [6.07, 6.45) is 0.713. The van der Waals surface area contributed by atoms with Crippen LogP contribution in [0.3, 0.4) is 0 Å². The van der Waals surface area contributed by atoms with Crippen molar-refractivity contribution in [1.29, 1.82) is 0 Å².